The number of fused-ring (bicyclic) bond motifs is 1. The Hall–Kier alpha value is -1.01. The molecule has 0 saturated carbocycles. The summed E-state index contributed by atoms with van der Waals surface area (Å²) in [5.41, 5.74) is 0.560. The third kappa shape index (κ3) is 1.42. The van der Waals surface area contributed by atoms with Gasteiger partial charge in [0.15, 0.2) is 10.9 Å². The first-order valence-electron chi connectivity index (χ1n) is 3.29. The molecule has 70 valence electrons. The van der Waals surface area contributed by atoms with Crippen LogP contribution in [0.15, 0.2) is 6.07 Å². The summed E-state index contributed by atoms with van der Waals surface area (Å²) in [5.74, 6) is 0.0322. The molecule has 0 aliphatic carbocycles. The molecule has 0 aromatic carbocycles. The molecule has 0 bridgehead atoms. The molecule has 2 rings (SSSR count). The SMILES string of the molecule is Cc1cc2c(c(Cl)n1)OS(=O)(=O)O2. The summed E-state index contributed by atoms with van der Waals surface area (Å²) in [4.78, 5) is 3.81. The molecule has 0 fully saturated rings. The van der Waals surface area contributed by atoms with Gasteiger partial charge in [-0.1, -0.05) is 11.6 Å². The van der Waals surface area contributed by atoms with E-state index in [4.69, 9.17) is 11.6 Å². The zero-order valence-corrected chi connectivity index (χ0v) is 8.02. The van der Waals surface area contributed by atoms with E-state index in [1.165, 1.54) is 6.07 Å². The van der Waals surface area contributed by atoms with Crippen molar-refractivity contribution in [3.05, 3.63) is 16.9 Å². The van der Waals surface area contributed by atoms with E-state index in [0.717, 1.165) is 0 Å². The number of rotatable bonds is 0. The normalized spacial score (nSPS) is 17.4. The van der Waals surface area contributed by atoms with Gasteiger partial charge in [-0.15, -0.1) is 8.42 Å². The molecule has 13 heavy (non-hydrogen) atoms. The van der Waals surface area contributed by atoms with Crippen LogP contribution in [-0.4, -0.2) is 13.4 Å². The lowest BCUT2D eigenvalue weighted by molar-refractivity contribution is 0.436. The van der Waals surface area contributed by atoms with Crippen LogP contribution >= 0.6 is 11.6 Å². The quantitative estimate of drug-likeness (QED) is 0.613. The van der Waals surface area contributed by atoms with Gasteiger partial charge in [0.2, 0.25) is 5.75 Å². The second-order valence-electron chi connectivity index (χ2n) is 2.46. The smallest absolute Gasteiger partial charge is 0.349 e. The van der Waals surface area contributed by atoms with Crippen molar-refractivity contribution in [2.75, 3.05) is 0 Å². The number of hydrogen-bond donors (Lipinski definition) is 0. The lowest BCUT2D eigenvalue weighted by Gasteiger charge is -1.96. The van der Waals surface area contributed by atoms with Crippen molar-refractivity contribution in [1.29, 1.82) is 0 Å². The van der Waals surface area contributed by atoms with E-state index >= 15 is 0 Å². The first kappa shape index (κ1) is 8.58. The lowest BCUT2D eigenvalue weighted by atomic mass is 10.3. The predicted molar refractivity (Wildman–Crippen MR) is 44.2 cm³/mol. The Labute approximate surface area is 79.6 Å². The molecule has 0 unspecified atom stereocenters. The molecule has 7 heteroatoms. The lowest BCUT2D eigenvalue weighted by Crippen LogP contribution is -2.08. The Morgan fingerprint density at radius 1 is 1.46 bits per heavy atom. The van der Waals surface area contributed by atoms with Gasteiger partial charge in [0.25, 0.3) is 0 Å². The highest BCUT2D eigenvalue weighted by molar-refractivity contribution is 7.82. The van der Waals surface area contributed by atoms with Crippen molar-refractivity contribution in [2.24, 2.45) is 0 Å². The standard InChI is InChI=1S/C6H4ClNO4S/c1-3-2-4-5(6(7)8-3)12-13(9,10)11-4/h2H,1H3. The van der Waals surface area contributed by atoms with Gasteiger partial charge < -0.3 is 8.37 Å². The van der Waals surface area contributed by atoms with Gasteiger partial charge in [0.1, 0.15) is 0 Å². The predicted octanol–water partition coefficient (Wildman–Crippen LogP) is 1.06. The van der Waals surface area contributed by atoms with Crippen LogP contribution in [0.2, 0.25) is 5.15 Å². The third-order valence-electron chi connectivity index (χ3n) is 1.40. The molecule has 0 N–H and O–H groups in total. The maximum atomic E-state index is 10.8. The minimum atomic E-state index is -3.97. The molecule has 1 aromatic rings. The molecule has 1 aromatic heterocycles. The molecule has 0 amide bonds. The van der Waals surface area contributed by atoms with E-state index in [-0.39, 0.29) is 16.7 Å². The summed E-state index contributed by atoms with van der Waals surface area (Å²) >= 11 is 5.62. The molecule has 0 saturated heterocycles. The molecular weight excluding hydrogens is 218 g/mol. The minimum absolute atomic E-state index is 0.0175. The fourth-order valence-electron chi connectivity index (χ4n) is 0.961. The number of hydrogen-bond acceptors (Lipinski definition) is 5. The van der Waals surface area contributed by atoms with Gasteiger partial charge in [-0.25, -0.2) is 4.98 Å². The first-order valence-corrected chi connectivity index (χ1v) is 5.00. The largest absolute Gasteiger partial charge is 0.501 e. The molecule has 1 aliphatic heterocycles. The van der Waals surface area contributed by atoms with Gasteiger partial charge in [-0.05, 0) is 6.92 Å². The average molecular weight is 222 g/mol. The molecule has 0 radical (unpaired) electrons. The van der Waals surface area contributed by atoms with E-state index < -0.39 is 10.4 Å². The van der Waals surface area contributed by atoms with Gasteiger partial charge in [-0.2, -0.15) is 0 Å². The molecule has 0 spiro atoms. The summed E-state index contributed by atoms with van der Waals surface area (Å²) < 4.78 is 30.6. The summed E-state index contributed by atoms with van der Waals surface area (Å²) in [5, 5.41) is -0.0175. The summed E-state index contributed by atoms with van der Waals surface area (Å²) in [6, 6.07) is 1.44. The van der Waals surface area contributed by atoms with Crippen molar-refractivity contribution >= 4 is 22.0 Å². The van der Waals surface area contributed by atoms with Crippen molar-refractivity contribution in [3.8, 4) is 11.5 Å². The van der Waals surface area contributed by atoms with Crippen LogP contribution in [0.4, 0.5) is 0 Å². The van der Waals surface area contributed by atoms with E-state index in [1.807, 2.05) is 0 Å². The summed E-state index contributed by atoms with van der Waals surface area (Å²) in [7, 11) is -3.97. The minimum Gasteiger partial charge on any atom is -0.349 e. The van der Waals surface area contributed by atoms with Crippen molar-refractivity contribution in [3.63, 3.8) is 0 Å². The van der Waals surface area contributed by atoms with Crippen LogP contribution in [0.25, 0.3) is 0 Å². The van der Waals surface area contributed by atoms with Gasteiger partial charge in [0, 0.05) is 11.8 Å². The Kier molecular flexibility index (Phi) is 1.64. The zero-order valence-electron chi connectivity index (χ0n) is 6.44. The number of aryl methyl sites for hydroxylation is 1. The van der Waals surface area contributed by atoms with Crippen LogP contribution in [0.3, 0.4) is 0 Å². The monoisotopic (exact) mass is 221 g/mol. The summed E-state index contributed by atoms with van der Waals surface area (Å²) in [6.07, 6.45) is 0. The highest BCUT2D eigenvalue weighted by atomic mass is 35.5. The fraction of sp³-hybridized carbons (Fsp3) is 0.167. The van der Waals surface area contributed by atoms with E-state index in [9.17, 15) is 8.42 Å². The topological polar surface area (TPSA) is 65.5 Å². The van der Waals surface area contributed by atoms with Crippen molar-refractivity contribution < 1.29 is 16.8 Å². The Morgan fingerprint density at radius 3 is 2.85 bits per heavy atom. The van der Waals surface area contributed by atoms with Crippen LogP contribution in [0.5, 0.6) is 11.5 Å². The number of nitrogens with zero attached hydrogens (tertiary/aromatic N) is 1. The van der Waals surface area contributed by atoms with Gasteiger partial charge in [-0.3, -0.25) is 0 Å². The number of pyridine rings is 1. The Morgan fingerprint density at radius 2 is 2.15 bits per heavy atom. The molecular formula is C6H4ClNO4S. The molecule has 5 nitrogen and oxygen atoms in total. The number of halogens is 1. The summed E-state index contributed by atoms with van der Waals surface area (Å²) in [6.45, 7) is 1.67. The maximum Gasteiger partial charge on any atom is 0.501 e. The third-order valence-corrected chi connectivity index (χ3v) is 2.41. The highest BCUT2D eigenvalue weighted by Crippen LogP contribution is 2.40. The number of aromatic nitrogens is 1. The second kappa shape index (κ2) is 2.49. The molecule has 1 aliphatic rings. The second-order valence-corrected chi connectivity index (χ2v) is 3.96. The van der Waals surface area contributed by atoms with Crippen LogP contribution < -0.4 is 8.37 Å². The van der Waals surface area contributed by atoms with Gasteiger partial charge >= 0.3 is 10.4 Å². The molecule has 0 atom stereocenters. The Bertz CT molecular complexity index is 470. The van der Waals surface area contributed by atoms with E-state index in [1.54, 1.807) is 6.92 Å². The maximum absolute atomic E-state index is 10.8. The van der Waals surface area contributed by atoms with Crippen LogP contribution in [0.1, 0.15) is 5.69 Å². The molecule has 2 heterocycles. The van der Waals surface area contributed by atoms with Crippen molar-refractivity contribution in [2.45, 2.75) is 6.92 Å². The fourth-order valence-corrected chi connectivity index (χ4v) is 2.01. The first-order chi connectivity index (χ1) is 5.98. The van der Waals surface area contributed by atoms with Crippen LogP contribution in [-0.2, 0) is 10.4 Å². The van der Waals surface area contributed by atoms with E-state index in [0.29, 0.717) is 5.69 Å². The Balaban J connectivity index is 2.64. The zero-order chi connectivity index (χ0) is 9.64. The van der Waals surface area contributed by atoms with E-state index in [2.05, 4.69) is 13.4 Å². The highest BCUT2D eigenvalue weighted by Gasteiger charge is 2.31. The van der Waals surface area contributed by atoms with Gasteiger partial charge in [0.05, 0.1) is 0 Å². The van der Waals surface area contributed by atoms with Crippen molar-refractivity contribution in [1.82, 2.24) is 4.98 Å². The van der Waals surface area contributed by atoms with Crippen LogP contribution in [0, 0.1) is 6.92 Å². The average Bonchev–Trinajstić information content (AvgIpc) is 2.23.